The Kier molecular flexibility index (Phi) is 5.65. The van der Waals surface area contributed by atoms with Gasteiger partial charge in [0.25, 0.3) is 0 Å². The highest BCUT2D eigenvalue weighted by molar-refractivity contribution is 6.30. The third kappa shape index (κ3) is 4.75. The fourth-order valence-electron chi connectivity index (χ4n) is 1.37. The van der Waals surface area contributed by atoms with Crippen LogP contribution in [0.2, 0.25) is 0 Å². The van der Waals surface area contributed by atoms with Crippen molar-refractivity contribution in [3.8, 4) is 0 Å². The van der Waals surface area contributed by atoms with E-state index in [1.807, 2.05) is 31.2 Å². The normalized spacial score (nSPS) is 11.7. The van der Waals surface area contributed by atoms with Crippen LogP contribution in [0.1, 0.15) is 18.9 Å². The average molecular weight is 269 g/mol. The van der Waals surface area contributed by atoms with Gasteiger partial charge in [0.1, 0.15) is 5.38 Å². The van der Waals surface area contributed by atoms with Crippen LogP contribution in [0.5, 0.6) is 0 Å². The number of aryl methyl sites for hydroxylation is 1. The molecule has 0 aromatic heterocycles. The van der Waals surface area contributed by atoms with E-state index >= 15 is 0 Å². The van der Waals surface area contributed by atoms with Crippen molar-refractivity contribution in [2.75, 3.05) is 11.9 Å². The van der Waals surface area contributed by atoms with Crippen molar-refractivity contribution in [2.24, 2.45) is 0 Å². The number of hydrogen-bond acceptors (Lipinski definition) is 2. The molecular weight excluding hydrogens is 252 g/mol. The standard InChI is InChI=1S/C13H17ClN2O2/c1-9-5-3-4-6-11(9)16-12(17)7-8-15-13(18)10(2)14/h3-6,10H,7-8H2,1-2H3,(H,15,18)(H,16,17)/t10-/m1/s1. The number of para-hydroxylation sites is 1. The molecule has 2 N–H and O–H groups in total. The number of anilines is 1. The molecule has 0 saturated carbocycles. The summed E-state index contributed by atoms with van der Waals surface area (Å²) in [6.45, 7) is 3.80. The lowest BCUT2D eigenvalue weighted by molar-refractivity contribution is -0.120. The van der Waals surface area contributed by atoms with Gasteiger partial charge in [0, 0.05) is 18.7 Å². The molecule has 0 heterocycles. The van der Waals surface area contributed by atoms with Crippen LogP contribution < -0.4 is 10.6 Å². The highest BCUT2D eigenvalue weighted by atomic mass is 35.5. The second kappa shape index (κ2) is 7.01. The third-order valence-corrected chi connectivity index (χ3v) is 2.63. The van der Waals surface area contributed by atoms with Crippen LogP contribution in [0.25, 0.3) is 0 Å². The zero-order valence-electron chi connectivity index (χ0n) is 10.5. The van der Waals surface area contributed by atoms with E-state index in [0.717, 1.165) is 11.3 Å². The van der Waals surface area contributed by atoms with E-state index in [1.165, 1.54) is 0 Å². The van der Waals surface area contributed by atoms with Crippen LogP contribution in [0.15, 0.2) is 24.3 Å². The first-order valence-corrected chi connectivity index (χ1v) is 6.21. The molecule has 98 valence electrons. The van der Waals surface area contributed by atoms with Crippen molar-refractivity contribution in [3.63, 3.8) is 0 Å². The van der Waals surface area contributed by atoms with Crippen molar-refractivity contribution >= 4 is 29.1 Å². The molecule has 0 radical (unpaired) electrons. The van der Waals surface area contributed by atoms with E-state index in [-0.39, 0.29) is 24.8 Å². The van der Waals surface area contributed by atoms with Crippen LogP contribution in [-0.4, -0.2) is 23.7 Å². The first kappa shape index (κ1) is 14.5. The average Bonchev–Trinajstić information content (AvgIpc) is 2.32. The molecule has 0 aliphatic rings. The number of hydrogen-bond donors (Lipinski definition) is 2. The molecule has 0 aliphatic carbocycles. The van der Waals surface area contributed by atoms with Gasteiger partial charge in [0.15, 0.2) is 0 Å². The summed E-state index contributed by atoms with van der Waals surface area (Å²) < 4.78 is 0. The van der Waals surface area contributed by atoms with E-state index in [1.54, 1.807) is 6.92 Å². The first-order chi connectivity index (χ1) is 8.50. The summed E-state index contributed by atoms with van der Waals surface area (Å²) in [4.78, 5) is 22.8. The number of benzene rings is 1. The lowest BCUT2D eigenvalue weighted by atomic mass is 10.2. The van der Waals surface area contributed by atoms with Gasteiger partial charge < -0.3 is 10.6 Å². The summed E-state index contributed by atoms with van der Waals surface area (Å²) in [6, 6.07) is 7.53. The summed E-state index contributed by atoms with van der Waals surface area (Å²) in [7, 11) is 0. The van der Waals surface area contributed by atoms with Gasteiger partial charge in [-0.1, -0.05) is 18.2 Å². The van der Waals surface area contributed by atoms with Gasteiger partial charge in [0.2, 0.25) is 11.8 Å². The Labute approximate surface area is 112 Å². The molecular formula is C13H17ClN2O2. The molecule has 1 aromatic carbocycles. The Balaban J connectivity index is 2.35. The quantitative estimate of drug-likeness (QED) is 0.803. The predicted octanol–water partition coefficient (Wildman–Crippen LogP) is 2.07. The summed E-state index contributed by atoms with van der Waals surface area (Å²) in [5, 5.41) is 4.79. The van der Waals surface area contributed by atoms with E-state index in [4.69, 9.17) is 11.6 Å². The van der Waals surface area contributed by atoms with Crippen LogP contribution in [0, 0.1) is 6.92 Å². The molecule has 4 nitrogen and oxygen atoms in total. The highest BCUT2D eigenvalue weighted by Gasteiger charge is 2.09. The number of rotatable bonds is 5. The minimum Gasteiger partial charge on any atom is -0.354 e. The number of halogens is 1. The topological polar surface area (TPSA) is 58.2 Å². The zero-order valence-corrected chi connectivity index (χ0v) is 11.3. The SMILES string of the molecule is Cc1ccccc1NC(=O)CCNC(=O)[C@@H](C)Cl. The minimum absolute atomic E-state index is 0.133. The monoisotopic (exact) mass is 268 g/mol. The van der Waals surface area contributed by atoms with E-state index < -0.39 is 5.38 Å². The van der Waals surface area contributed by atoms with Crippen molar-refractivity contribution in [1.82, 2.24) is 5.32 Å². The highest BCUT2D eigenvalue weighted by Crippen LogP contribution is 2.12. The fraction of sp³-hybridized carbons (Fsp3) is 0.385. The van der Waals surface area contributed by atoms with Crippen LogP contribution >= 0.6 is 11.6 Å². The summed E-state index contributed by atoms with van der Waals surface area (Å²) in [5.74, 6) is -0.396. The molecule has 0 fully saturated rings. The summed E-state index contributed by atoms with van der Waals surface area (Å²) in [5.41, 5.74) is 1.80. The van der Waals surface area contributed by atoms with Gasteiger partial charge in [-0.2, -0.15) is 0 Å². The van der Waals surface area contributed by atoms with Gasteiger partial charge in [-0.15, -0.1) is 11.6 Å². The smallest absolute Gasteiger partial charge is 0.237 e. The number of carbonyl (C=O) groups excluding carboxylic acids is 2. The molecule has 18 heavy (non-hydrogen) atoms. The second-order valence-corrected chi connectivity index (χ2v) is 4.67. The number of carbonyl (C=O) groups is 2. The maximum absolute atomic E-state index is 11.6. The fourth-order valence-corrected chi connectivity index (χ4v) is 1.44. The minimum atomic E-state index is -0.579. The Bertz CT molecular complexity index is 433. The molecule has 0 unspecified atom stereocenters. The summed E-state index contributed by atoms with van der Waals surface area (Å²) >= 11 is 5.58. The molecule has 0 saturated heterocycles. The third-order valence-electron chi connectivity index (χ3n) is 2.43. The number of nitrogens with one attached hydrogen (secondary N) is 2. The maximum atomic E-state index is 11.6. The molecule has 1 atom stereocenters. The van der Waals surface area contributed by atoms with Gasteiger partial charge in [0.05, 0.1) is 0 Å². The van der Waals surface area contributed by atoms with E-state index in [0.29, 0.717) is 0 Å². The largest absolute Gasteiger partial charge is 0.354 e. The lowest BCUT2D eigenvalue weighted by Crippen LogP contribution is -2.32. The predicted molar refractivity (Wildman–Crippen MR) is 72.8 cm³/mol. The molecule has 2 amide bonds. The van der Waals surface area contributed by atoms with Crippen LogP contribution in [0.3, 0.4) is 0 Å². The van der Waals surface area contributed by atoms with E-state index in [2.05, 4.69) is 10.6 Å². The Morgan fingerprint density at radius 1 is 1.33 bits per heavy atom. The number of alkyl halides is 1. The van der Waals surface area contributed by atoms with Gasteiger partial charge in [-0.25, -0.2) is 0 Å². The van der Waals surface area contributed by atoms with Gasteiger partial charge in [-0.05, 0) is 25.5 Å². The second-order valence-electron chi connectivity index (χ2n) is 4.02. The van der Waals surface area contributed by atoms with Crippen molar-refractivity contribution in [3.05, 3.63) is 29.8 Å². The molecule has 0 aliphatic heterocycles. The first-order valence-electron chi connectivity index (χ1n) is 5.78. The Morgan fingerprint density at radius 3 is 2.61 bits per heavy atom. The van der Waals surface area contributed by atoms with Crippen LogP contribution in [-0.2, 0) is 9.59 Å². The van der Waals surface area contributed by atoms with Crippen LogP contribution in [0.4, 0.5) is 5.69 Å². The Hall–Kier alpha value is -1.55. The van der Waals surface area contributed by atoms with Gasteiger partial charge >= 0.3 is 0 Å². The summed E-state index contributed by atoms with van der Waals surface area (Å²) in [6.07, 6.45) is 0.226. The van der Waals surface area contributed by atoms with E-state index in [9.17, 15) is 9.59 Å². The molecule has 1 rings (SSSR count). The zero-order chi connectivity index (χ0) is 13.5. The maximum Gasteiger partial charge on any atom is 0.237 e. The molecule has 0 bridgehead atoms. The van der Waals surface area contributed by atoms with Crippen molar-refractivity contribution in [2.45, 2.75) is 25.6 Å². The molecule has 1 aromatic rings. The Morgan fingerprint density at radius 2 is 2.00 bits per heavy atom. The molecule has 0 spiro atoms. The molecule has 5 heteroatoms. The lowest BCUT2D eigenvalue weighted by Gasteiger charge is -2.09. The van der Waals surface area contributed by atoms with Crippen molar-refractivity contribution < 1.29 is 9.59 Å². The van der Waals surface area contributed by atoms with Gasteiger partial charge in [-0.3, -0.25) is 9.59 Å². The van der Waals surface area contributed by atoms with Crippen molar-refractivity contribution in [1.29, 1.82) is 0 Å². The number of amides is 2.